The van der Waals surface area contributed by atoms with Crippen LogP contribution >= 0.6 is 11.8 Å². The fourth-order valence-electron chi connectivity index (χ4n) is 1.68. The topological polar surface area (TPSA) is 15.3 Å². The van der Waals surface area contributed by atoms with Gasteiger partial charge in [-0.05, 0) is 19.0 Å². The molecular weight excluding hydrogens is 180 g/mol. The van der Waals surface area contributed by atoms with Crippen molar-refractivity contribution in [2.24, 2.45) is 5.92 Å². The van der Waals surface area contributed by atoms with Crippen molar-refractivity contribution < 1.29 is 0 Å². The SMILES string of the molecule is CCNCC(C)CN1CCSCC1. The molecule has 13 heavy (non-hydrogen) atoms. The third-order valence-electron chi connectivity index (χ3n) is 2.42. The third kappa shape index (κ3) is 4.89. The van der Waals surface area contributed by atoms with Gasteiger partial charge < -0.3 is 10.2 Å². The molecule has 1 N–H and O–H groups in total. The molecule has 1 heterocycles. The maximum Gasteiger partial charge on any atom is 0.00728 e. The van der Waals surface area contributed by atoms with E-state index in [2.05, 4.69) is 35.8 Å². The first-order valence-electron chi connectivity index (χ1n) is 5.33. The molecule has 0 bridgehead atoms. The zero-order valence-electron chi connectivity index (χ0n) is 8.88. The van der Waals surface area contributed by atoms with Crippen LogP contribution in [0.25, 0.3) is 0 Å². The van der Waals surface area contributed by atoms with Gasteiger partial charge in [-0.15, -0.1) is 0 Å². The van der Waals surface area contributed by atoms with Gasteiger partial charge >= 0.3 is 0 Å². The standard InChI is InChI=1S/C10H22N2S/c1-3-11-8-10(2)9-12-4-6-13-7-5-12/h10-11H,3-9H2,1-2H3. The van der Waals surface area contributed by atoms with E-state index in [4.69, 9.17) is 0 Å². The predicted octanol–water partition coefficient (Wildman–Crippen LogP) is 1.28. The Morgan fingerprint density at radius 2 is 2.08 bits per heavy atom. The molecule has 2 nitrogen and oxygen atoms in total. The van der Waals surface area contributed by atoms with E-state index in [9.17, 15) is 0 Å². The normalized spacial score (nSPS) is 21.7. The van der Waals surface area contributed by atoms with Crippen LogP contribution in [-0.2, 0) is 0 Å². The molecule has 1 aliphatic heterocycles. The van der Waals surface area contributed by atoms with Crippen LogP contribution in [0.5, 0.6) is 0 Å². The Labute approximate surface area is 86.5 Å². The van der Waals surface area contributed by atoms with Gasteiger partial charge in [0.2, 0.25) is 0 Å². The van der Waals surface area contributed by atoms with Gasteiger partial charge in [-0.2, -0.15) is 11.8 Å². The molecule has 1 rings (SSSR count). The lowest BCUT2D eigenvalue weighted by atomic mass is 10.1. The molecular formula is C10H22N2S. The van der Waals surface area contributed by atoms with Gasteiger partial charge in [0.25, 0.3) is 0 Å². The van der Waals surface area contributed by atoms with Gasteiger partial charge in [-0.3, -0.25) is 0 Å². The monoisotopic (exact) mass is 202 g/mol. The van der Waals surface area contributed by atoms with Crippen molar-refractivity contribution in [1.82, 2.24) is 10.2 Å². The minimum Gasteiger partial charge on any atom is -0.317 e. The summed E-state index contributed by atoms with van der Waals surface area (Å²) in [5.41, 5.74) is 0. The Bertz CT molecular complexity index is 124. The van der Waals surface area contributed by atoms with Crippen LogP contribution in [0.2, 0.25) is 0 Å². The third-order valence-corrected chi connectivity index (χ3v) is 3.36. The zero-order valence-corrected chi connectivity index (χ0v) is 9.70. The van der Waals surface area contributed by atoms with Gasteiger partial charge in [0, 0.05) is 31.1 Å². The van der Waals surface area contributed by atoms with Crippen molar-refractivity contribution >= 4 is 11.8 Å². The maximum absolute atomic E-state index is 3.41. The molecule has 0 aromatic rings. The molecule has 0 aromatic heterocycles. The molecule has 1 atom stereocenters. The Kier molecular flexibility index (Phi) is 5.83. The van der Waals surface area contributed by atoms with Crippen molar-refractivity contribution in [3.63, 3.8) is 0 Å². The number of hydrogen-bond acceptors (Lipinski definition) is 3. The van der Waals surface area contributed by atoms with E-state index in [0.29, 0.717) is 0 Å². The van der Waals surface area contributed by atoms with Gasteiger partial charge in [0.1, 0.15) is 0 Å². The van der Waals surface area contributed by atoms with Crippen LogP contribution in [-0.4, -0.2) is 49.1 Å². The molecule has 0 amide bonds. The van der Waals surface area contributed by atoms with Crippen molar-refractivity contribution in [2.45, 2.75) is 13.8 Å². The van der Waals surface area contributed by atoms with E-state index in [0.717, 1.165) is 12.5 Å². The molecule has 3 heteroatoms. The maximum atomic E-state index is 3.41. The number of nitrogens with one attached hydrogen (secondary N) is 1. The summed E-state index contributed by atoms with van der Waals surface area (Å²) in [6, 6.07) is 0. The van der Waals surface area contributed by atoms with Crippen molar-refractivity contribution in [3.05, 3.63) is 0 Å². The average Bonchev–Trinajstić information content (AvgIpc) is 2.16. The zero-order chi connectivity index (χ0) is 9.52. The minimum absolute atomic E-state index is 0.794. The van der Waals surface area contributed by atoms with Crippen LogP contribution in [0.3, 0.4) is 0 Å². The van der Waals surface area contributed by atoms with E-state index < -0.39 is 0 Å². The van der Waals surface area contributed by atoms with Crippen LogP contribution in [0, 0.1) is 5.92 Å². The molecule has 0 saturated carbocycles. The molecule has 0 radical (unpaired) electrons. The summed E-state index contributed by atoms with van der Waals surface area (Å²) < 4.78 is 0. The number of thioether (sulfide) groups is 1. The second kappa shape index (κ2) is 6.68. The summed E-state index contributed by atoms with van der Waals surface area (Å²) in [5.74, 6) is 3.45. The van der Waals surface area contributed by atoms with Gasteiger partial charge in [-0.1, -0.05) is 13.8 Å². The second-order valence-electron chi connectivity index (χ2n) is 3.83. The van der Waals surface area contributed by atoms with E-state index in [-0.39, 0.29) is 0 Å². The highest BCUT2D eigenvalue weighted by Gasteiger charge is 2.12. The lowest BCUT2D eigenvalue weighted by molar-refractivity contribution is 0.257. The number of hydrogen-bond donors (Lipinski definition) is 1. The summed E-state index contributed by atoms with van der Waals surface area (Å²) in [5, 5.41) is 3.41. The fraction of sp³-hybridized carbons (Fsp3) is 1.00. The smallest absolute Gasteiger partial charge is 0.00728 e. The van der Waals surface area contributed by atoms with Gasteiger partial charge in [0.05, 0.1) is 0 Å². The van der Waals surface area contributed by atoms with E-state index >= 15 is 0 Å². The molecule has 78 valence electrons. The van der Waals surface area contributed by atoms with Crippen LogP contribution in [0.1, 0.15) is 13.8 Å². The van der Waals surface area contributed by atoms with Crippen LogP contribution in [0.15, 0.2) is 0 Å². The number of nitrogens with zero attached hydrogens (tertiary/aromatic N) is 1. The highest BCUT2D eigenvalue weighted by Crippen LogP contribution is 2.10. The lowest BCUT2D eigenvalue weighted by Crippen LogP contribution is -2.38. The summed E-state index contributed by atoms with van der Waals surface area (Å²) in [6.45, 7) is 10.6. The van der Waals surface area contributed by atoms with Crippen LogP contribution < -0.4 is 5.32 Å². The summed E-state index contributed by atoms with van der Waals surface area (Å²) in [6.07, 6.45) is 0. The molecule has 0 aromatic carbocycles. The summed E-state index contributed by atoms with van der Waals surface area (Å²) in [7, 11) is 0. The van der Waals surface area contributed by atoms with Crippen molar-refractivity contribution in [3.8, 4) is 0 Å². The molecule has 0 spiro atoms. The first kappa shape index (κ1) is 11.3. The van der Waals surface area contributed by atoms with E-state index in [1.54, 1.807) is 0 Å². The Hall–Kier alpha value is 0.270. The molecule has 1 unspecified atom stereocenters. The summed E-state index contributed by atoms with van der Waals surface area (Å²) in [4.78, 5) is 2.60. The average molecular weight is 202 g/mol. The van der Waals surface area contributed by atoms with Crippen molar-refractivity contribution in [1.29, 1.82) is 0 Å². The van der Waals surface area contributed by atoms with Gasteiger partial charge in [0.15, 0.2) is 0 Å². The van der Waals surface area contributed by atoms with Gasteiger partial charge in [-0.25, -0.2) is 0 Å². The highest BCUT2D eigenvalue weighted by atomic mass is 32.2. The first-order chi connectivity index (χ1) is 6.33. The largest absolute Gasteiger partial charge is 0.317 e. The van der Waals surface area contributed by atoms with E-state index in [1.165, 1.54) is 37.7 Å². The predicted molar refractivity (Wildman–Crippen MR) is 61.5 cm³/mol. The first-order valence-corrected chi connectivity index (χ1v) is 6.49. The minimum atomic E-state index is 0.794. The molecule has 1 fully saturated rings. The molecule has 0 aliphatic carbocycles. The highest BCUT2D eigenvalue weighted by molar-refractivity contribution is 7.99. The Morgan fingerprint density at radius 3 is 2.69 bits per heavy atom. The number of rotatable bonds is 5. The summed E-state index contributed by atoms with van der Waals surface area (Å²) >= 11 is 2.09. The van der Waals surface area contributed by atoms with Crippen molar-refractivity contribution in [2.75, 3.05) is 44.2 Å². The second-order valence-corrected chi connectivity index (χ2v) is 5.05. The Morgan fingerprint density at radius 1 is 1.38 bits per heavy atom. The molecule has 1 aliphatic rings. The molecule has 1 saturated heterocycles. The Balaban J connectivity index is 2.07. The lowest BCUT2D eigenvalue weighted by Gasteiger charge is -2.28. The van der Waals surface area contributed by atoms with E-state index in [1.807, 2.05) is 0 Å². The quantitative estimate of drug-likeness (QED) is 0.723. The fourth-order valence-corrected chi connectivity index (χ4v) is 2.66. The van der Waals surface area contributed by atoms with Crippen LogP contribution in [0.4, 0.5) is 0 Å².